The normalized spacial score (nSPS) is 19.0. The molecule has 1 unspecified atom stereocenters. The molecule has 0 aliphatic carbocycles. The zero-order chi connectivity index (χ0) is 19.7. The van der Waals surface area contributed by atoms with Crippen molar-refractivity contribution < 1.29 is 14.6 Å². The molecule has 7 nitrogen and oxygen atoms in total. The van der Waals surface area contributed by atoms with Crippen molar-refractivity contribution in [2.45, 2.75) is 18.9 Å². The summed E-state index contributed by atoms with van der Waals surface area (Å²) >= 11 is 7.60. The fraction of sp³-hybridized carbons (Fsp3) is 0.263. The molecule has 2 atom stereocenters. The maximum atomic E-state index is 12.6. The van der Waals surface area contributed by atoms with Crippen LogP contribution in [0.2, 0.25) is 5.02 Å². The van der Waals surface area contributed by atoms with Gasteiger partial charge in [0.05, 0.1) is 21.7 Å². The molecule has 1 fully saturated rings. The van der Waals surface area contributed by atoms with Crippen LogP contribution in [-0.2, 0) is 4.79 Å². The lowest BCUT2D eigenvalue weighted by Crippen LogP contribution is -3.11. The number of nitro groups is 1. The second-order valence-electron chi connectivity index (χ2n) is 6.77. The highest BCUT2D eigenvalue weighted by atomic mass is 35.5. The van der Waals surface area contributed by atoms with Gasteiger partial charge in [-0.25, -0.2) is 4.98 Å². The van der Waals surface area contributed by atoms with Crippen molar-refractivity contribution in [2.24, 2.45) is 0 Å². The smallest absolute Gasteiger partial charge is 0.292 e. The lowest BCUT2D eigenvalue weighted by atomic mass is 10.2. The van der Waals surface area contributed by atoms with Crippen molar-refractivity contribution in [3.05, 3.63) is 62.6 Å². The van der Waals surface area contributed by atoms with Crippen LogP contribution in [0.25, 0.3) is 10.2 Å². The minimum Gasteiger partial charge on any atom is -0.319 e. The predicted octanol–water partition coefficient (Wildman–Crippen LogP) is 3.22. The molecular weight excluding hydrogens is 400 g/mol. The van der Waals surface area contributed by atoms with E-state index in [0.29, 0.717) is 5.02 Å². The fourth-order valence-electron chi connectivity index (χ4n) is 3.63. The molecule has 0 saturated carbocycles. The first-order chi connectivity index (χ1) is 13.5. The highest BCUT2D eigenvalue weighted by Crippen LogP contribution is 2.29. The van der Waals surface area contributed by atoms with E-state index in [0.717, 1.165) is 39.5 Å². The quantitative estimate of drug-likeness (QED) is 0.492. The number of quaternary nitrogens is 1. The van der Waals surface area contributed by atoms with E-state index in [2.05, 4.69) is 11.4 Å². The summed E-state index contributed by atoms with van der Waals surface area (Å²) in [6.45, 7) is 1.09. The SMILES string of the molecule is O=C(C[NH+]1CCC[C@H]1c1nc2ccccc2s1)Nc1cc(Cl)ccc1[N+](=O)[O-]. The number of thiazole rings is 1. The molecule has 0 bridgehead atoms. The zero-order valence-corrected chi connectivity index (χ0v) is 16.4. The molecule has 2 aromatic carbocycles. The van der Waals surface area contributed by atoms with E-state index in [1.165, 1.54) is 18.2 Å². The summed E-state index contributed by atoms with van der Waals surface area (Å²) in [5.74, 6) is -0.270. The Hall–Kier alpha value is -2.55. The Bertz CT molecular complexity index is 1020. The summed E-state index contributed by atoms with van der Waals surface area (Å²) in [5, 5.41) is 15.2. The number of para-hydroxylation sites is 1. The Kier molecular flexibility index (Phi) is 5.25. The number of hydrogen-bond donors (Lipinski definition) is 2. The molecule has 28 heavy (non-hydrogen) atoms. The third-order valence-corrected chi connectivity index (χ3v) is 6.29. The van der Waals surface area contributed by atoms with Gasteiger partial charge in [-0.1, -0.05) is 23.7 Å². The molecule has 2 heterocycles. The van der Waals surface area contributed by atoms with Gasteiger partial charge in [0.2, 0.25) is 0 Å². The number of likely N-dealkylation sites (tertiary alicyclic amines) is 1. The number of benzene rings is 2. The fourth-order valence-corrected chi connectivity index (χ4v) is 4.96. The zero-order valence-electron chi connectivity index (χ0n) is 14.9. The number of halogens is 1. The summed E-state index contributed by atoms with van der Waals surface area (Å²) in [5.41, 5.74) is 0.933. The van der Waals surface area contributed by atoms with Gasteiger partial charge in [-0.15, -0.1) is 11.3 Å². The van der Waals surface area contributed by atoms with Crippen LogP contribution in [0.1, 0.15) is 23.9 Å². The van der Waals surface area contributed by atoms with Crippen LogP contribution in [0.15, 0.2) is 42.5 Å². The van der Waals surface area contributed by atoms with E-state index < -0.39 is 4.92 Å². The second-order valence-corrected chi connectivity index (χ2v) is 8.27. The van der Waals surface area contributed by atoms with Crippen LogP contribution in [0, 0.1) is 10.1 Å². The molecule has 0 spiro atoms. The number of nitrogens with zero attached hydrogens (tertiary/aromatic N) is 2. The minimum atomic E-state index is -0.529. The van der Waals surface area contributed by atoms with Crippen molar-refractivity contribution >= 4 is 50.4 Å². The number of carbonyl (C=O) groups is 1. The first-order valence-corrected chi connectivity index (χ1v) is 10.1. The molecule has 1 aromatic heterocycles. The maximum absolute atomic E-state index is 12.6. The summed E-state index contributed by atoms with van der Waals surface area (Å²) < 4.78 is 1.14. The van der Waals surface area contributed by atoms with Crippen molar-refractivity contribution in [1.82, 2.24) is 4.98 Å². The number of amides is 1. The highest BCUT2D eigenvalue weighted by molar-refractivity contribution is 7.18. The van der Waals surface area contributed by atoms with Gasteiger partial charge >= 0.3 is 0 Å². The third-order valence-electron chi connectivity index (χ3n) is 4.91. The molecule has 9 heteroatoms. The molecule has 3 aromatic rings. The van der Waals surface area contributed by atoms with E-state index in [1.54, 1.807) is 11.3 Å². The molecular formula is C19H18ClN4O3S+. The molecule has 1 aliphatic heterocycles. The van der Waals surface area contributed by atoms with E-state index in [4.69, 9.17) is 16.6 Å². The Morgan fingerprint density at radius 3 is 2.96 bits per heavy atom. The summed E-state index contributed by atoms with van der Waals surface area (Å²) in [6, 6.07) is 12.3. The van der Waals surface area contributed by atoms with E-state index >= 15 is 0 Å². The van der Waals surface area contributed by atoms with Crippen molar-refractivity contribution in [2.75, 3.05) is 18.4 Å². The van der Waals surface area contributed by atoms with Crippen LogP contribution in [-0.4, -0.2) is 28.9 Å². The van der Waals surface area contributed by atoms with Crippen molar-refractivity contribution in [1.29, 1.82) is 0 Å². The topological polar surface area (TPSA) is 89.6 Å². The Morgan fingerprint density at radius 1 is 1.36 bits per heavy atom. The minimum absolute atomic E-state index is 0.123. The number of rotatable bonds is 5. The molecule has 1 saturated heterocycles. The largest absolute Gasteiger partial charge is 0.319 e. The standard InChI is InChI=1S/C19H17ClN4O3S/c20-12-7-8-15(24(26)27)14(10-12)21-18(25)11-23-9-3-5-16(23)19-22-13-4-1-2-6-17(13)28-19/h1-2,4,6-8,10,16H,3,5,9,11H2,(H,21,25)/p+1/t16-/m0/s1. The molecule has 2 N–H and O–H groups in total. The lowest BCUT2D eigenvalue weighted by Gasteiger charge is -2.19. The van der Waals surface area contributed by atoms with Gasteiger partial charge in [0.25, 0.3) is 11.6 Å². The van der Waals surface area contributed by atoms with E-state index in [1.807, 2.05) is 18.2 Å². The number of carbonyl (C=O) groups excluding carboxylic acids is 1. The van der Waals surface area contributed by atoms with Gasteiger partial charge in [0.1, 0.15) is 11.7 Å². The van der Waals surface area contributed by atoms with Gasteiger partial charge in [-0.2, -0.15) is 0 Å². The average molecular weight is 418 g/mol. The van der Waals surface area contributed by atoms with Crippen molar-refractivity contribution in [3.8, 4) is 0 Å². The van der Waals surface area contributed by atoms with Gasteiger partial charge in [0, 0.05) is 23.9 Å². The van der Waals surface area contributed by atoms with Crippen LogP contribution in [0.4, 0.5) is 11.4 Å². The Balaban J connectivity index is 1.49. The van der Waals surface area contributed by atoms with Crippen LogP contribution in [0.5, 0.6) is 0 Å². The van der Waals surface area contributed by atoms with Crippen LogP contribution in [0.3, 0.4) is 0 Å². The van der Waals surface area contributed by atoms with Gasteiger partial charge in [-0.3, -0.25) is 14.9 Å². The molecule has 1 aliphatic rings. The lowest BCUT2D eigenvalue weighted by molar-refractivity contribution is -0.910. The van der Waals surface area contributed by atoms with E-state index in [-0.39, 0.29) is 29.9 Å². The Labute approximate surface area is 170 Å². The molecule has 4 rings (SSSR count). The van der Waals surface area contributed by atoms with Crippen LogP contribution < -0.4 is 10.2 Å². The number of anilines is 1. The first kappa shape index (κ1) is 18.8. The second kappa shape index (κ2) is 7.83. The highest BCUT2D eigenvalue weighted by Gasteiger charge is 2.34. The summed E-state index contributed by atoms with van der Waals surface area (Å²) in [6.07, 6.45) is 1.99. The number of fused-ring (bicyclic) bond motifs is 1. The Morgan fingerprint density at radius 2 is 2.18 bits per heavy atom. The molecule has 0 radical (unpaired) electrons. The number of nitrogens with one attached hydrogen (secondary N) is 2. The monoisotopic (exact) mass is 417 g/mol. The summed E-state index contributed by atoms with van der Waals surface area (Å²) in [7, 11) is 0. The number of hydrogen-bond acceptors (Lipinski definition) is 5. The van der Waals surface area contributed by atoms with Gasteiger partial charge in [0.15, 0.2) is 11.6 Å². The first-order valence-electron chi connectivity index (χ1n) is 8.95. The molecule has 1 amide bonds. The maximum Gasteiger partial charge on any atom is 0.292 e. The van der Waals surface area contributed by atoms with Crippen molar-refractivity contribution in [3.63, 3.8) is 0 Å². The average Bonchev–Trinajstić information content (AvgIpc) is 3.27. The van der Waals surface area contributed by atoms with Gasteiger partial charge < -0.3 is 10.2 Å². The number of aromatic nitrogens is 1. The summed E-state index contributed by atoms with van der Waals surface area (Å²) in [4.78, 5) is 29.1. The third kappa shape index (κ3) is 3.84. The molecule has 144 valence electrons. The van der Waals surface area contributed by atoms with E-state index in [9.17, 15) is 14.9 Å². The predicted molar refractivity (Wildman–Crippen MR) is 109 cm³/mol. The van der Waals surface area contributed by atoms with Gasteiger partial charge in [-0.05, 0) is 24.3 Å². The van der Waals surface area contributed by atoms with Crippen LogP contribution >= 0.6 is 22.9 Å². The number of nitro benzene ring substituents is 1.